The summed E-state index contributed by atoms with van der Waals surface area (Å²) in [5.74, 6) is 0.224. The fraction of sp³-hybridized carbons (Fsp3) is 0.320. The fourth-order valence-corrected chi connectivity index (χ4v) is 4.27. The van der Waals surface area contributed by atoms with Crippen molar-refractivity contribution in [2.45, 2.75) is 44.9 Å². The number of aromatic nitrogens is 2. The maximum Gasteiger partial charge on any atom is 0.305 e. The molecule has 2 aromatic carbocycles. The van der Waals surface area contributed by atoms with Gasteiger partial charge in [-0.15, -0.1) is 0 Å². The number of carbonyl (C=O) groups is 1. The molecule has 0 atom stereocenters. The Balaban J connectivity index is 1.56. The molecule has 2 N–H and O–H groups in total. The highest BCUT2D eigenvalue weighted by molar-refractivity contribution is 5.88. The third-order valence-corrected chi connectivity index (χ3v) is 5.67. The number of hydrogen-bond donors (Lipinski definition) is 2. The Kier molecular flexibility index (Phi) is 5.99. The molecule has 0 bridgehead atoms. The summed E-state index contributed by atoms with van der Waals surface area (Å²) in [6.45, 7) is 2.31. The van der Waals surface area contributed by atoms with Crippen molar-refractivity contribution in [2.24, 2.45) is 0 Å². The molecule has 0 fully saturated rings. The first-order valence-electron chi connectivity index (χ1n) is 10.6. The van der Waals surface area contributed by atoms with Gasteiger partial charge in [0.15, 0.2) is 0 Å². The zero-order valence-corrected chi connectivity index (χ0v) is 16.9. The number of unbranched alkanes of at least 4 members (excludes halogenated alkanes) is 2. The van der Waals surface area contributed by atoms with Gasteiger partial charge in [0.1, 0.15) is 0 Å². The number of carbonyl (C=O) groups excluding carboxylic acids is 1. The summed E-state index contributed by atoms with van der Waals surface area (Å²) in [6, 6.07) is 17.0. The number of ether oxygens (including phenoxy) is 1. The Labute approximate surface area is 171 Å². The minimum atomic E-state index is -0.0858. The van der Waals surface area contributed by atoms with Gasteiger partial charge in [-0.25, -0.2) is 0 Å². The zero-order chi connectivity index (χ0) is 20.1. The van der Waals surface area contributed by atoms with Gasteiger partial charge in [0.05, 0.1) is 6.61 Å². The van der Waals surface area contributed by atoms with Crippen LogP contribution in [0.4, 0.5) is 0 Å². The molecule has 0 saturated carbocycles. The number of fused-ring (bicyclic) bond motifs is 2. The van der Waals surface area contributed by atoms with Gasteiger partial charge in [0.2, 0.25) is 0 Å². The predicted molar refractivity (Wildman–Crippen MR) is 118 cm³/mol. The van der Waals surface area contributed by atoms with Crippen LogP contribution < -0.4 is 0 Å². The van der Waals surface area contributed by atoms with Crippen molar-refractivity contribution in [1.29, 1.82) is 0 Å². The van der Waals surface area contributed by atoms with E-state index in [1.807, 2.05) is 6.92 Å². The first-order chi connectivity index (χ1) is 14.3. The SMILES string of the molecule is CCOC(=O)CCCCCC(c1c[nH]c2ccccc12)c1c[nH]c2ccccc12. The van der Waals surface area contributed by atoms with Crippen molar-refractivity contribution in [2.75, 3.05) is 6.61 Å². The van der Waals surface area contributed by atoms with Crippen LogP contribution in [0.2, 0.25) is 0 Å². The molecular formula is C25H28N2O2. The largest absolute Gasteiger partial charge is 0.466 e. The molecular weight excluding hydrogens is 360 g/mol. The van der Waals surface area contributed by atoms with E-state index in [1.165, 1.54) is 32.9 Å². The van der Waals surface area contributed by atoms with Crippen molar-refractivity contribution in [3.05, 3.63) is 72.1 Å². The molecule has 0 radical (unpaired) electrons. The van der Waals surface area contributed by atoms with Crippen molar-refractivity contribution in [3.8, 4) is 0 Å². The number of para-hydroxylation sites is 2. The Morgan fingerprint density at radius 1 is 0.862 bits per heavy atom. The highest BCUT2D eigenvalue weighted by Gasteiger charge is 2.20. The second-order valence-electron chi connectivity index (χ2n) is 7.54. The van der Waals surface area contributed by atoms with E-state index in [0.29, 0.717) is 18.9 Å². The molecule has 4 aromatic rings. The lowest BCUT2D eigenvalue weighted by atomic mass is 9.86. The first kappa shape index (κ1) is 19.3. The minimum absolute atomic E-state index is 0.0858. The van der Waals surface area contributed by atoms with Crippen LogP contribution in [0.15, 0.2) is 60.9 Å². The van der Waals surface area contributed by atoms with Crippen LogP contribution in [0.5, 0.6) is 0 Å². The molecule has 4 heteroatoms. The number of benzene rings is 2. The molecule has 0 unspecified atom stereocenters. The quantitative estimate of drug-likeness (QED) is 0.261. The van der Waals surface area contributed by atoms with Crippen LogP contribution in [0.1, 0.15) is 56.1 Å². The Morgan fingerprint density at radius 3 is 2.03 bits per heavy atom. The zero-order valence-electron chi connectivity index (χ0n) is 16.9. The van der Waals surface area contributed by atoms with Crippen LogP contribution in [0, 0.1) is 0 Å². The second kappa shape index (κ2) is 8.99. The maximum absolute atomic E-state index is 11.6. The summed E-state index contributed by atoms with van der Waals surface area (Å²) in [7, 11) is 0. The van der Waals surface area contributed by atoms with E-state index in [1.54, 1.807) is 0 Å². The third kappa shape index (κ3) is 4.21. The highest BCUT2D eigenvalue weighted by atomic mass is 16.5. The van der Waals surface area contributed by atoms with Gasteiger partial charge < -0.3 is 14.7 Å². The first-order valence-corrected chi connectivity index (χ1v) is 10.6. The molecule has 0 aliphatic carbocycles. The van der Waals surface area contributed by atoms with E-state index in [0.717, 1.165) is 25.7 Å². The van der Waals surface area contributed by atoms with Gasteiger partial charge >= 0.3 is 5.97 Å². The Hall–Kier alpha value is -3.01. The van der Waals surface area contributed by atoms with Gasteiger partial charge in [-0.3, -0.25) is 4.79 Å². The molecule has 4 nitrogen and oxygen atoms in total. The summed E-state index contributed by atoms with van der Waals surface area (Å²) in [5.41, 5.74) is 5.04. The lowest BCUT2D eigenvalue weighted by Gasteiger charge is -2.17. The summed E-state index contributed by atoms with van der Waals surface area (Å²) in [6.07, 6.45) is 8.87. The smallest absolute Gasteiger partial charge is 0.305 e. The highest BCUT2D eigenvalue weighted by Crippen LogP contribution is 2.38. The summed E-state index contributed by atoms with van der Waals surface area (Å²) in [4.78, 5) is 18.5. The minimum Gasteiger partial charge on any atom is -0.466 e. The van der Waals surface area contributed by atoms with Crippen LogP contribution in [-0.4, -0.2) is 22.5 Å². The van der Waals surface area contributed by atoms with Gasteiger partial charge in [-0.2, -0.15) is 0 Å². The molecule has 29 heavy (non-hydrogen) atoms. The third-order valence-electron chi connectivity index (χ3n) is 5.67. The van der Waals surface area contributed by atoms with Crippen molar-refractivity contribution < 1.29 is 9.53 Å². The summed E-state index contributed by atoms with van der Waals surface area (Å²) < 4.78 is 5.04. The van der Waals surface area contributed by atoms with E-state index in [9.17, 15) is 4.79 Å². The number of nitrogens with one attached hydrogen (secondary N) is 2. The molecule has 4 rings (SSSR count). The van der Waals surface area contributed by atoms with Crippen molar-refractivity contribution in [1.82, 2.24) is 9.97 Å². The van der Waals surface area contributed by atoms with E-state index in [4.69, 9.17) is 4.74 Å². The van der Waals surface area contributed by atoms with Gasteiger partial charge in [0.25, 0.3) is 0 Å². The van der Waals surface area contributed by atoms with Crippen LogP contribution in [-0.2, 0) is 9.53 Å². The number of esters is 1. The van der Waals surface area contributed by atoms with Crippen LogP contribution >= 0.6 is 0 Å². The van der Waals surface area contributed by atoms with Gasteiger partial charge in [-0.05, 0) is 43.0 Å². The lowest BCUT2D eigenvalue weighted by Crippen LogP contribution is -2.04. The average molecular weight is 389 g/mol. The molecule has 0 amide bonds. The normalized spacial score (nSPS) is 11.5. The molecule has 0 spiro atoms. The number of rotatable bonds is 9. The molecule has 0 aliphatic rings. The van der Waals surface area contributed by atoms with Crippen molar-refractivity contribution >= 4 is 27.8 Å². The number of hydrogen-bond acceptors (Lipinski definition) is 2. The molecule has 150 valence electrons. The standard InChI is InChI=1S/C25H28N2O2/c1-2-29-25(28)15-5-3-4-10-18(21-16-26-23-13-8-6-11-19(21)23)22-17-27-24-14-9-7-12-20(22)24/h6-9,11-14,16-18,26-27H,2-5,10,15H2,1H3. The van der Waals surface area contributed by atoms with E-state index in [2.05, 4.69) is 70.9 Å². The van der Waals surface area contributed by atoms with Crippen molar-refractivity contribution in [3.63, 3.8) is 0 Å². The van der Waals surface area contributed by atoms with E-state index in [-0.39, 0.29) is 5.97 Å². The maximum atomic E-state index is 11.6. The van der Waals surface area contributed by atoms with E-state index < -0.39 is 0 Å². The fourth-order valence-electron chi connectivity index (χ4n) is 4.27. The van der Waals surface area contributed by atoms with Gasteiger partial charge in [0, 0.05) is 46.5 Å². The van der Waals surface area contributed by atoms with Gasteiger partial charge in [-0.1, -0.05) is 49.2 Å². The van der Waals surface area contributed by atoms with Crippen LogP contribution in [0.3, 0.4) is 0 Å². The Bertz CT molecular complexity index is 1020. The lowest BCUT2D eigenvalue weighted by molar-refractivity contribution is -0.143. The summed E-state index contributed by atoms with van der Waals surface area (Å²) in [5, 5.41) is 2.57. The molecule has 2 aromatic heterocycles. The average Bonchev–Trinajstić information content (AvgIpc) is 3.36. The van der Waals surface area contributed by atoms with Crippen LogP contribution in [0.25, 0.3) is 21.8 Å². The molecule has 2 heterocycles. The summed E-state index contributed by atoms with van der Waals surface area (Å²) >= 11 is 0. The molecule has 0 aliphatic heterocycles. The molecule has 0 saturated heterocycles. The monoisotopic (exact) mass is 388 g/mol. The number of H-pyrrole nitrogens is 2. The number of aromatic amines is 2. The predicted octanol–water partition coefficient (Wildman–Crippen LogP) is 6.29. The second-order valence-corrected chi connectivity index (χ2v) is 7.54. The topological polar surface area (TPSA) is 57.9 Å². The van der Waals surface area contributed by atoms with E-state index >= 15 is 0 Å². The Morgan fingerprint density at radius 2 is 1.45 bits per heavy atom.